The molecule has 0 fully saturated rings. The summed E-state index contributed by atoms with van der Waals surface area (Å²) in [6.45, 7) is 8.27. The fourth-order valence-corrected chi connectivity index (χ4v) is 4.73. The Morgan fingerprint density at radius 3 is 2.57 bits per heavy atom. The van der Waals surface area contributed by atoms with Gasteiger partial charge in [-0.1, -0.05) is 62.0 Å². The van der Waals surface area contributed by atoms with E-state index in [0.717, 1.165) is 46.2 Å². The van der Waals surface area contributed by atoms with Crippen LogP contribution in [0.3, 0.4) is 0 Å². The molecule has 6 nitrogen and oxygen atoms in total. The molecule has 1 aromatic heterocycles. The summed E-state index contributed by atoms with van der Waals surface area (Å²) in [5.74, 6) is 0.819. The van der Waals surface area contributed by atoms with Crippen LogP contribution in [0.4, 0.5) is 5.69 Å². The molecule has 0 spiro atoms. The van der Waals surface area contributed by atoms with Crippen molar-refractivity contribution in [3.8, 4) is 0 Å². The lowest BCUT2D eigenvalue weighted by atomic mass is 10.0. The Hall–Kier alpha value is -2.80. The van der Waals surface area contributed by atoms with E-state index < -0.39 is 0 Å². The predicted octanol–water partition coefficient (Wildman–Crippen LogP) is 4.42. The molecule has 30 heavy (non-hydrogen) atoms. The number of anilines is 1. The fraction of sp³-hybridized carbons (Fsp3) is 0.348. The van der Waals surface area contributed by atoms with Gasteiger partial charge in [0.2, 0.25) is 11.1 Å². The Morgan fingerprint density at radius 1 is 1.10 bits per heavy atom. The van der Waals surface area contributed by atoms with Gasteiger partial charge in [0.05, 0.1) is 6.04 Å². The molecule has 0 saturated carbocycles. The maximum absolute atomic E-state index is 13.4. The number of aryl methyl sites for hydroxylation is 3. The molecule has 1 amide bonds. The predicted molar refractivity (Wildman–Crippen MR) is 122 cm³/mol. The molecule has 1 aliphatic rings. The molecular formula is C23H27N5OS. The minimum absolute atomic E-state index is 0.0435. The summed E-state index contributed by atoms with van der Waals surface area (Å²) in [7, 11) is 0. The number of benzene rings is 2. The molecule has 1 aliphatic heterocycles. The molecule has 7 heteroatoms. The summed E-state index contributed by atoms with van der Waals surface area (Å²) in [5.41, 5.74) is 8.94. The molecule has 2 aromatic carbocycles. The highest BCUT2D eigenvalue weighted by molar-refractivity contribution is 8.00. The van der Waals surface area contributed by atoms with Crippen LogP contribution in [-0.2, 0) is 17.6 Å². The van der Waals surface area contributed by atoms with Gasteiger partial charge in [0.15, 0.2) is 5.82 Å². The van der Waals surface area contributed by atoms with Crippen LogP contribution < -0.4 is 10.7 Å². The lowest BCUT2D eigenvalue weighted by molar-refractivity contribution is -0.116. The van der Waals surface area contributed by atoms with E-state index in [9.17, 15) is 4.79 Å². The van der Waals surface area contributed by atoms with Crippen LogP contribution in [0.25, 0.3) is 0 Å². The average molecular weight is 422 g/mol. The van der Waals surface area contributed by atoms with Gasteiger partial charge in [0.1, 0.15) is 5.25 Å². The molecule has 4 rings (SSSR count). The average Bonchev–Trinajstić information content (AvgIpc) is 3.18. The third kappa shape index (κ3) is 3.81. The number of nitrogens with zero attached hydrogens (tertiary/aromatic N) is 3. The van der Waals surface area contributed by atoms with E-state index in [1.165, 1.54) is 17.3 Å². The first-order valence-electron chi connectivity index (χ1n) is 10.3. The van der Waals surface area contributed by atoms with E-state index in [2.05, 4.69) is 65.1 Å². The summed E-state index contributed by atoms with van der Waals surface area (Å²) in [6.07, 6.45) is 1.75. The second-order valence-electron chi connectivity index (χ2n) is 7.56. The molecule has 2 atom stereocenters. The highest BCUT2D eigenvalue weighted by Gasteiger charge is 2.37. The van der Waals surface area contributed by atoms with E-state index in [-0.39, 0.29) is 17.2 Å². The number of hydrogen-bond donors (Lipinski definition) is 2. The number of carbonyl (C=O) groups excluding carboxylic acids is 1. The molecular weight excluding hydrogens is 394 g/mol. The second-order valence-corrected chi connectivity index (χ2v) is 8.67. The summed E-state index contributed by atoms with van der Waals surface area (Å²) >= 11 is 1.46. The normalized spacial score (nSPS) is 17.9. The van der Waals surface area contributed by atoms with E-state index in [1.54, 1.807) is 0 Å². The van der Waals surface area contributed by atoms with Crippen molar-refractivity contribution in [2.24, 2.45) is 0 Å². The highest BCUT2D eigenvalue weighted by Crippen LogP contribution is 2.38. The Morgan fingerprint density at radius 2 is 1.87 bits per heavy atom. The van der Waals surface area contributed by atoms with Crippen LogP contribution in [0.2, 0.25) is 0 Å². The Bertz CT molecular complexity index is 1060. The standard InChI is InChI=1S/C23H27N5OS/c1-5-16-10-12-17(13-11-16)20-21(30-23-26-25-19(6-2)28(23)27-20)22(29)24-18-9-7-8-14(3)15(18)4/h7-13,20-21,27H,5-6H2,1-4H3,(H,24,29)/t20-,21+/m0/s1. The highest BCUT2D eigenvalue weighted by atomic mass is 32.2. The first-order chi connectivity index (χ1) is 14.5. The zero-order chi connectivity index (χ0) is 21.3. The summed E-state index contributed by atoms with van der Waals surface area (Å²) in [4.78, 5) is 13.4. The van der Waals surface area contributed by atoms with E-state index in [4.69, 9.17) is 0 Å². The Labute approximate surface area is 181 Å². The third-order valence-electron chi connectivity index (χ3n) is 5.69. The van der Waals surface area contributed by atoms with Gasteiger partial charge in [-0.3, -0.25) is 4.79 Å². The number of aromatic nitrogens is 3. The molecule has 0 saturated heterocycles. The van der Waals surface area contributed by atoms with Crippen LogP contribution in [-0.4, -0.2) is 26.0 Å². The summed E-state index contributed by atoms with van der Waals surface area (Å²) in [5, 5.41) is 12.0. The first-order valence-corrected chi connectivity index (χ1v) is 11.2. The minimum atomic E-state index is -0.376. The van der Waals surface area contributed by atoms with Gasteiger partial charge in [-0.05, 0) is 48.6 Å². The zero-order valence-corrected chi connectivity index (χ0v) is 18.6. The van der Waals surface area contributed by atoms with E-state index >= 15 is 0 Å². The van der Waals surface area contributed by atoms with Crippen molar-refractivity contribution in [1.29, 1.82) is 0 Å². The van der Waals surface area contributed by atoms with Gasteiger partial charge >= 0.3 is 0 Å². The van der Waals surface area contributed by atoms with Crippen LogP contribution >= 0.6 is 11.8 Å². The van der Waals surface area contributed by atoms with Gasteiger partial charge in [0.25, 0.3) is 0 Å². The van der Waals surface area contributed by atoms with Crippen LogP contribution in [0.1, 0.15) is 48.0 Å². The number of carbonyl (C=O) groups is 1. The number of fused-ring (bicyclic) bond motifs is 1. The largest absolute Gasteiger partial charge is 0.325 e. The van der Waals surface area contributed by atoms with Gasteiger partial charge in [-0.15, -0.1) is 10.2 Å². The molecule has 0 radical (unpaired) electrons. The summed E-state index contributed by atoms with van der Waals surface area (Å²) < 4.78 is 1.92. The molecule has 3 aromatic rings. The SMILES string of the molecule is CCc1ccc([C@@H]2Nn3c(CC)nnc3S[C@H]2C(=O)Nc2cccc(C)c2C)cc1. The lowest BCUT2D eigenvalue weighted by Crippen LogP contribution is -2.41. The Kier molecular flexibility index (Phi) is 5.81. The van der Waals surface area contributed by atoms with Crippen molar-refractivity contribution in [2.45, 2.75) is 57.0 Å². The molecule has 0 unspecified atom stereocenters. The smallest absolute Gasteiger partial charge is 0.240 e. The van der Waals surface area contributed by atoms with Crippen molar-refractivity contribution in [3.05, 3.63) is 70.5 Å². The third-order valence-corrected chi connectivity index (χ3v) is 6.90. The van der Waals surface area contributed by atoms with Crippen molar-refractivity contribution < 1.29 is 4.79 Å². The molecule has 0 aliphatic carbocycles. The van der Waals surface area contributed by atoms with Gasteiger partial charge < -0.3 is 10.7 Å². The van der Waals surface area contributed by atoms with Crippen molar-refractivity contribution in [2.75, 3.05) is 10.7 Å². The first kappa shape index (κ1) is 20.5. The lowest BCUT2D eigenvalue weighted by Gasteiger charge is -2.33. The maximum Gasteiger partial charge on any atom is 0.240 e. The van der Waals surface area contributed by atoms with Gasteiger partial charge in [-0.2, -0.15) is 0 Å². The second kappa shape index (κ2) is 8.52. The topological polar surface area (TPSA) is 71.8 Å². The Balaban J connectivity index is 1.68. The number of nitrogens with one attached hydrogen (secondary N) is 2. The van der Waals surface area contributed by atoms with Gasteiger partial charge in [0, 0.05) is 12.1 Å². The summed E-state index contributed by atoms with van der Waals surface area (Å²) in [6, 6.07) is 14.2. The van der Waals surface area contributed by atoms with Crippen molar-refractivity contribution in [1.82, 2.24) is 14.9 Å². The van der Waals surface area contributed by atoms with Crippen LogP contribution in [0, 0.1) is 13.8 Å². The number of rotatable bonds is 5. The fourth-order valence-electron chi connectivity index (χ4n) is 3.63. The number of amides is 1. The van der Waals surface area contributed by atoms with E-state index in [1.807, 2.05) is 30.7 Å². The van der Waals surface area contributed by atoms with Crippen molar-refractivity contribution in [3.63, 3.8) is 0 Å². The molecule has 156 valence electrons. The monoisotopic (exact) mass is 421 g/mol. The van der Waals surface area contributed by atoms with Crippen LogP contribution in [0.5, 0.6) is 0 Å². The zero-order valence-electron chi connectivity index (χ0n) is 17.8. The maximum atomic E-state index is 13.4. The quantitative estimate of drug-likeness (QED) is 0.638. The molecule has 0 bridgehead atoms. The van der Waals surface area contributed by atoms with E-state index in [0.29, 0.717) is 0 Å². The van der Waals surface area contributed by atoms with Gasteiger partial charge in [-0.25, -0.2) is 4.68 Å². The molecule has 2 heterocycles. The van der Waals surface area contributed by atoms with Crippen LogP contribution in [0.15, 0.2) is 47.6 Å². The molecule has 2 N–H and O–H groups in total. The van der Waals surface area contributed by atoms with Crippen molar-refractivity contribution >= 4 is 23.4 Å². The number of thioether (sulfide) groups is 1. The minimum Gasteiger partial charge on any atom is -0.325 e. The number of hydrogen-bond acceptors (Lipinski definition) is 5.